The second kappa shape index (κ2) is 8.40. The van der Waals surface area contributed by atoms with E-state index in [4.69, 9.17) is 4.98 Å². The summed E-state index contributed by atoms with van der Waals surface area (Å²) in [7, 11) is 0. The van der Waals surface area contributed by atoms with Gasteiger partial charge in [-0.3, -0.25) is 4.57 Å². The summed E-state index contributed by atoms with van der Waals surface area (Å²) in [6.07, 6.45) is 0. The molecule has 0 N–H and O–H groups in total. The average molecular weight is 426 g/mol. The number of benzene rings is 3. The number of rotatable bonds is 6. The Hall–Kier alpha value is -3.38. The van der Waals surface area contributed by atoms with Gasteiger partial charge < -0.3 is 4.57 Å². The highest BCUT2D eigenvalue weighted by atomic mass is 32.2. The van der Waals surface area contributed by atoms with Crippen LogP contribution < -0.4 is 0 Å². The molecule has 0 saturated carbocycles. The topological polar surface area (TPSA) is 48.5 Å². The molecular formula is C25H23N5S. The van der Waals surface area contributed by atoms with Gasteiger partial charge in [0.05, 0.1) is 17.6 Å². The van der Waals surface area contributed by atoms with Crippen LogP contribution in [0.3, 0.4) is 0 Å². The van der Waals surface area contributed by atoms with E-state index in [2.05, 4.69) is 80.9 Å². The molecular weight excluding hydrogens is 402 g/mol. The van der Waals surface area contributed by atoms with Crippen molar-refractivity contribution in [2.45, 2.75) is 31.3 Å². The quantitative estimate of drug-likeness (QED) is 0.334. The molecule has 2 aromatic heterocycles. The largest absolute Gasteiger partial charge is 0.320 e. The number of imidazole rings is 1. The van der Waals surface area contributed by atoms with E-state index < -0.39 is 0 Å². The van der Waals surface area contributed by atoms with Crippen LogP contribution in [0.2, 0.25) is 0 Å². The molecule has 0 aliphatic rings. The molecule has 0 fully saturated rings. The fraction of sp³-hybridized carbons (Fsp3) is 0.160. The fourth-order valence-corrected chi connectivity index (χ4v) is 4.64. The second-order valence-electron chi connectivity index (χ2n) is 7.58. The minimum absolute atomic E-state index is 0.610. The predicted molar refractivity (Wildman–Crippen MR) is 126 cm³/mol. The molecule has 31 heavy (non-hydrogen) atoms. The van der Waals surface area contributed by atoms with Gasteiger partial charge in [-0.25, -0.2) is 4.98 Å². The van der Waals surface area contributed by atoms with Gasteiger partial charge >= 0.3 is 0 Å². The highest BCUT2D eigenvalue weighted by molar-refractivity contribution is 7.98. The van der Waals surface area contributed by atoms with Crippen LogP contribution in [-0.2, 0) is 12.3 Å². The molecule has 5 nitrogen and oxygen atoms in total. The van der Waals surface area contributed by atoms with Gasteiger partial charge in [-0.2, -0.15) is 0 Å². The van der Waals surface area contributed by atoms with Crippen molar-refractivity contribution in [3.8, 4) is 5.69 Å². The fourth-order valence-electron chi connectivity index (χ4n) is 3.71. The number of hydrogen-bond acceptors (Lipinski definition) is 4. The number of aryl methyl sites for hydroxylation is 2. The van der Waals surface area contributed by atoms with Gasteiger partial charge in [0.1, 0.15) is 5.82 Å². The zero-order chi connectivity index (χ0) is 21.2. The summed E-state index contributed by atoms with van der Waals surface area (Å²) in [5, 5.41) is 10.0. The molecule has 0 aliphatic carbocycles. The van der Waals surface area contributed by atoms with E-state index in [1.807, 2.05) is 31.2 Å². The molecule has 0 spiro atoms. The normalized spacial score (nSPS) is 11.3. The molecule has 0 radical (unpaired) electrons. The van der Waals surface area contributed by atoms with Crippen LogP contribution in [0, 0.1) is 13.8 Å². The third-order valence-electron chi connectivity index (χ3n) is 5.35. The van der Waals surface area contributed by atoms with Crippen LogP contribution in [0.25, 0.3) is 16.7 Å². The Bertz CT molecular complexity index is 1320. The van der Waals surface area contributed by atoms with Gasteiger partial charge in [-0.1, -0.05) is 71.9 Å². The van der Waals surface area contributed by atoms with Crippen molar-refractivity contribution < 1.29 is 0 Å². The van der Waals surface area contributed by atoms with Crippen molar-refractivity contribution in [1.29, 1.82) is 0 Å². The summed E-state index contributed by atoms with van der Waals surface area (Å²) in [5.74, 6) is 2.71. The first-order chi connectivity index (χ1) is 15.2. The SMILES string of the molecule is Cc1ccc(-n2c(Cn3c(C)nc4ccccc43)nnc2SCc2ccccc2)cc1. The molecule has 0 saturated heterocycles. The number of fused-ring (bicyclic) bond motifs is 1. The second-order valence-corrected chi connectivity index (χ2v) is 8.52. The summed E-state index contributed by atoms with van der Waals surface area (Å²) >= 11 is 1.70. The molecule has 2 heterocycles. The Balaban J connectivity index is 1.54. The zero-order valence-corrected chi connectivity index (χ0v) is 18.4. The first-order valence-electron chi connectivity index (χ1n) is 10.3. The average Bonchev–Trinajstić information content (AvgIpc) is 3.34. The van der Waals surface area contributed by atoms with Gasteiger partial charge in [0, 0.05) is 11.4 Å². The van der Waals surface area contributed by atoms with E-state index in [-0.39, 0.29) is 0 Å². The smallest absolute Gasteiger partial charge is 0.196 e. The molecule has 0 bridgehead atoms. The third-order valence-corrected chi connectivity index (χ3v) is 6.35. The first kappa shape index (κ1) is 19.6. The number of hydrogen-bond donors (Lipinski definition) is 0. The van der Waals surface area contributed by atoms with Crippen LogP contribution in [0.5, 0.6) is 0 Å². The van der Waals surface area contributed by atoms with Crippen molar-refractivity contribution in [3.63, 3.8) is 0 Å². The Labute approximate surface area is 185 Å². The maximum atomic E-state index is 4.71. The minimum Gasteiger partial charge on any atom is -0.320 e. The Morgan fingerprint density at radius 2 is 1.55 bits per heavy atom. The maximum absolute atomic E-state index is 4.71. The van der Waals surface area contributed by atoms with Gasteiger partial charge in [0.2, 0.25) is 0 Å². The van der Waals surface area contributed by atoms with Gasteiger partial charge in [-0.05, 0) is 43.7 Å². The first-order valence-corrected chi connectivity index (χ1v) is 11.3. The van der Waals surface area contributed by atoms with Gasteiger partial charge in [-0.15, -0.1) is 10.2 Å². The van der Waals surface area contributed by atoms with E-state index in [0.717, 1.165) is 39.3 Å². The molecule has 5 aromatic rings. The summed E-state index contributed by atoms with van der Waals surface area (Å²) in [5.41, 5.74) is 5.68. The predicted octanol–water partition coefficient (Wildman–Crippen LogP) is 5.57. The lowest BCUT2D eigenvalue weighted by molar-refractivity contribution is 0.711. The lowest BCUT2D eigenvalue weighted by Crippen LogP contribution is -2.09. The molecule has 154 valence electrons. The minimum atomic E-state index is 0.610. The standard InChI is InChI=1S/C25H23N5S/c1-18-12-14-21(15-13-18)30-24(16-29-19(2)26-22-10-6-7-11-23(22)29)27-28-25(30)31-17-20-8-4-3-5-9-20/h3-15H,16-17H2,1-2H3. The summed E-state index contributed by atoms with van der Waals surface area (Å²) in [4.78, 5) is 4.71. The van der Waals surface area contributed by atoms with Crippen molar-refractivity contribution in [2.24, 2.45) is 0 Å². The monoisotopic (exact) mass is 425 g/mol. The van der Waals surface area contributed by atoms with E-state index in [0.29, 0.717) is 6.54 Å². The number of thioether (sulfide) groups is 1. The highest BCUT2D eigenvalue weighted by Crippen LogP contribution is 2.27. The number of aromatic nitrogens is 5. The molecule has 3 aromatic carbocycles. The van der Waals surface area contributed by atoms with Gasteiger partial charge in [0.25, 0.3) is 0 Å². The van der Waals surface area contributed by atoms with Gasteiger partial charge in [0.15, 0.2) is 11.0 Å². The number of para-hydroxylation sites is 2. The zero-order valence-electron chi connectivity index (χ0n) is 17.6. The van der Waals surface area contributed by atoms with Crippen LogP contribution >= 0.6 is 11.8 Å². The Morgan fingerprint density at radius 1 is 0.806 bits per heavy atom. The summed E-state index contributed by atoms with van der Waals surface area (Å²) in [6, 6.07) is 27.2. The lowest BCUT2D eigenvalue weighted by atomic mass is 10.2. The molecule has 0 aliphatic heterocycles. The van der Waals surface area contributed by atoms with Crippen molar-refractivity contribution in [2.75, 3.05) is 0 Å². The van der Waals surface area contributed by atoms with E-state index in [9.17, 15) is 0 Å². The summed E-state index contributed by atoms with van der Waals surface area (Å²) < 4.78 is 4.37. The molecule has 0 atom stereocenters. The molecule has 0 amide bonds. The van der Waals surface area contributed by atoms with Crippen molar-refractivity contribution in [1.82, 2.24) is 24.3 Å². The highest BCUT2D eigenvalue weighted by Gasteiger charge is 2.17. The van der Waals surface area contributed by atoms with Crippen molar-refractivity contribution in [3.05, 3.63) is 102 Å². The van der Waals surface area contributed by atoms with E-state index in [1.165, 1.54) is 11.1 Å². The maximum Gasteiger partial charge on any atom is 0.196 e. The number of nitrogens with zero attached hydrogens (tertiary/aromatic N) is 5. The molecule has 0 unspecified atom stereocenters. The van der Waals surface area contributed by atoms with E-state index >= 15 is 0 Å². The van der Waals surface area contributed by atoms with Crippen LogP contribution in [0.15, 0.2) is 84.0 Å². The third kappa shape index (κ3) is 3.99. The Kier molecular flexibility index (Phi) is 5.30. The summed E-state index contributed by atoms with van der Waals surface area (Å²) in [6.45, 7) is 4.75. The lowest BCUT2D eigenvalue weighted by Gasteiger charge is -2.12. The van der Waals surface area contributed by atoms with Crippen LogP contribution in [0.1, 0.15) is 22.8 Å². The molecule has 6 heteroatoms. The van der Waals surface area contributed by atoms with Crippen molar-refractivity contribution >= 4 is 22.8 Å². The van der Waals surface area contributed by atoms with Crippen LogP contribution in [0.4, 0.5) is 0 Å². The Morgan fingerprint density at radius 3 is 2.35 bits per heavy atom. The van der Waals surface area contributed by atoms with Crippen LogP contribution in [-0.4, -0.2) is 24.3 Å². The molecule has 5 rings (SSSR count). The van der Waals surface area contributed by atoms with E-state index in [1.54, 1.807) is 11.8 Å².